The SMILES string of the molecule is C=C/C(=N\N(CC)CCOC(=O)Nc1ccc2c(c1)nc1n2CCC1)c1ccc(F)cc1OC. The van der Waals surface area contributed by atoms with Gasteiger partial charge in [-0.05, 0) is 49.8 Å². The molecule has 4 rings (SSSR count). The van der Waals surface area contributed by atoms with E-state index in [-0.39, 0.29) is 6.61 Å². The van der Waals surface area contributed by atoms with Crippen LogP contribution in [0.5, 0.6) is 5.75 Å². The number of likely N-dealkylation sites (N-methyl/N-ethyl adjacent to an activating group) is 1. The number of hydrazone groups is 1. The molecule has 0 radical (unpaired) electrons. The number of methoxy groups -OCH3 is 1. The van der Waals surface area contributed by atoms with E-state index < -0.39 is 11.9 Å². The first kappa shape index (κ1) is 23.3. The van der Waals surface area contributed by atoms with Crippen molar-refractivity contribution in [3.8, 4) is 5.75 Å². The van der Waals surface area contributed by atoms with E-state index >= 15 is 0 Å². The normalized spacial score (nSPS) is 13.0. The van der Waals surface area contributed by atoms with Crippen molar-refractivity contribution < 1.29 is 18.7 Å². The number of amides is 1. The molecule has 8 nitrogen and oxygen atoms in total. The Morgan fingerprint density at radius 2 is 2.21 bits per heavy atom. The standard InChI is InChI=1S/C25H28FN5O3/c1-4-20(19-10-8-17(26)15-23(19)33-3)29-30(5-2)13-14-34-25(32)27-18-9-11-22-21(16-18)28-24-7-6-12-31(22)24/h4,8-11,15-16H,1,5-7,12-14H2,2-3H3,(H,27,32)/b29-20+. The Kier molecular flexibility index (Phi) is 7.10. The largest absolute Gasteiger partial charge is 0.496 e. The number of aryl methyl sites for hydroxylation is 2. The van der Waals surface area contributed by atoms with Crippen LogP contribution in [0.25, 0.3) is 11.0 Å². The van der Waals surface area contributed by atoms with Gasteiger partial charge in [-0.25, -0.2) is 14.2 Å². The molecule has 0 spiro atoms. The Bertz CT molecular complexity index is 1240. The second kappa shape index (κ2) is 10.4. The van der Waals surface area contributed by atoms with Crippen LogP contribution in [0.2, 0.25) is 0 Å². The number of nitrogens with zero attached hydrogens (tertiary/aromatic N) is 4. The number of ether oxygens (including phenoxy) is 2. The number of hydrogen-bond donors (Lipinski definition) is 1. The third kappa shape index (κ3) is 5.03. The molecule has 1 N–H and O–H groups in total. The zero-order chi connectivity index (χ0) is 24.1. The lowest BCUT2D eigenvalue weighted by atomic mass is 10.1. The molecule has 0 saturated heterocycles. The second-order valence-corrected chi connectivity index (χ2v) is 7.83. The minimum atomic E-state index is -0.546. The fourth-order valence-corrected chi connectivity index (χ4v) is 4.00. The smallest absolute Gasteiger partial charge is 0.411 e. The van der Waals surface area contributed by atoms with Crippen molar-refractivity contribution in [3.05, 3.63) is 66.3 Å². The van der Waals surface area contributed by atoms with Crippen LogP contribution >= 0.6 is 0 Å². The van der Waals surface area contributed by atoms with E-state index in [4.69, 9.17) is 9.47 Å². The first-order chi connectivity index (χ1) is 16.5. The van der Waals surface area contributed by atoms with Crippen LogP contribution in [0.3, 0.4) is 0 Å². The highest BCUT2D eigenvalue weighted by molar-refractivity contribution is 6.10. The molecule has 1 aliphatic heterocycles. The molecule has 0 unspecified atom stereocenters. The van der Waals surface area contributed by atoms with Gasteiger partial charge in [-0.1, -0.05) is 6.58 Å². The lowest BCUT2D eigenvalue weighted by molar-refractivity contribution is 0.142. The van der Waals surface area contributed by atoms with Crippen molar-refractivity contribution in [2.24, 2.45) is 5.10 Å². The number of allylic oxidation sites excluding steroid dienone is 1. The predicted molar refractivity (Wildman–Crippen MR) is 130 cm³/mol. The highest BCUT2D eigenvalue weighted by atomic mass is 19.1. The molecule has 0 aliphatic carbocycles. The molecule has 1 amide bonds. The summed E-state index contributed by atoms with van der Waals surface area (Å²) in [5.41, 5.74) is 3.74. The number of carbonyl (C=O) groups is 1. The molecule has 2 aromatic carbocycles. The number of hydrogen-bond acceptors (Lipinski definition) is 6. The fraction of sp³-hybridized carbons (Fsp3) is 0.320. The number of rotatable bonds is 9. The first-order valence-corrected chi connectivity index (χ1v) is 11.2. The van der Waals surface area contributed by atoms with E-state index in [2.05, 4.69) is 26.5 Å². The van der Waals surface area contributed by atoms with Gasteiger partial charge in [-0.3, -0.25) is 10.3 Å². The number of aromatic nitrogens is 2. The molecular weight excluding hydrogens is 437 g/mol. The van der Waals surface area contributed by atoms with E-state index in [9.17, 15) is 9.18 Å². The summed E-state index contributed by atoms with van der Waals surface area (Å²) in [4.78, 5) is 16.9. The van der Waals surface area contributed by atoms with E-state index in [1.54, 1.807) is 17.2 Å². The maximum absolute atomic E-state index is 13.5. The number of carbonyl (C=O) groups excluding carboxylic acids is 1. The van der Waals surface area contributed by atoms with Crippen molar-refractivity contribution in [3.63, 3.8) is 0 Å². The molecular formula is C25H28FN5O3. The van der Waals surface area contributed by atoms with Crippen molar-refractivity contribution in [2.45, 2.75) is 26.3 Å². The van der Waals surface area contributed by atoms with Crippen molar-refractivity contribution in [1.29, 1.82) is 0 Å². The number of imidazole rings is 1. The highest BCUT2D eigenvalue weighted by Crippen LogP contribution is 2.25. The van der Waals surface area contributed by atoms with E-state index in [1.807, 2.05) is 25.1 Å². The zero-order valence-corrected chi connectivity index (χ0v) is 19.4. The van der Waals surface area contributed by atoms with Gasteiger partial charge in [0.25, 0.3) is 0 Å². The number of fused-ring (bicyclic) bond motifs is 3. The van der Waals surface area contributed by atoms with Crippen molar-refractivity contribution in [2.75, 3.05) is 32.1 Å². The Labute approximate surface area is 197 Å². The van der Waals surface area contributed by atoms with Crippen molar-refractivity contribution in [1.82, 2.24) is 14.6 Å². The minimum Gasteiger partial charge on any atom is -0.496 e. The Hall–Kier alpha value is -3.88. The van der Waals surface area contributed by atoms with Crippen LogP contribution in [-0.4, -0.2) is 53.2 Å². The molecule has 2 heterocycles. The molecule has 1 aromatic heterocycles. The number of benzene rings is 2. The molecule has 1 aliphatic rings. The number of nitrogens with one attached hydrogen (secondary N) is 1. The third-order valence-electron chi connectivity index (χ3n) is 5.69. The average Bonchev–Trinajstić information content (AvgIpc) is 3.42. The van der Waals surface area contributed by atoms with Crippen LogP contribution in [-0.2, 0) is 17.7 Å². The van der Waals surface area contributed by atoms with Gasteiger partial charge in [-0.15, -0.1) is 0 Å². The lowest BCUT2D eigenvalue weighted by Crippen LogP contribution is -2.26. The summed E-state index contributed by atoms with van der Waals surface area (Å²) in [6.07, 6.45) is 3.13. The Morgan fingerprint density at radius 3 is 2.97 bits per heavy atom. The molecule has 3 aromatic rings. The van der Waals surface area contributed by atoms with Gasteiger partial charge in [0.1, 0.15) is 24.0 Å². The predicted octanol–water partition coefficient (Wildman–Crippen LogP) is 4.59. The quantitative estimate of drug-likeness (QED) is 0.369. The second-order valence-electron chi connectivity index (χ2n) is 7.83. The number of anilines is 1. The maximum atomic E-state index is 13.5. The average molecular weight is 466 g/mol. The van der Waals surface area contributed by atoms with Crippen LogP contribution in [0, 0.1) is 5.82 Å². The minimum absolute atomic E-state index is 0.134. The monoisotopic (exact) mass is 465 g/mol. The summed E-state index contributed by atoms with van der Waals surface area (Å²) in [5, 5.41) is 9.07. The summed E-state index contributed by atoms with van der Waals surface area (Å²) in [6, 6.07) is 9.92. The summed E-state index contributed by atoms with van der Waals surface area (Å²) in [6.45, 7) is 7.81. The third-order valence-corrected chi connectivity index (χ3v) is 5.69. The molecule has 34 heavy (non-hydrogen) atoms. The number of halogens is 1. The summed E-state index contributed by atoms with van der Waals surface area (Å²) in [5.74, 6) is 1.06. The van der Waals surface area contributed by atoms with Crippen LogP contribution < -0.4 is 10.1 Å². The van der Waals surface area contributed by atoms with Crippen LogP contribution in [0.1, 0.15) is 24.7 Å². The van der Waals surface area contributed by atoms with E-state index in [0.717, 1.165) is 36.2 Å². The van der Waals surface area contributed by atoms with Gasteiger partial charge in [0.2, 0.25) is 0 Å². The van der Waals surface area contributed by atoms with Gasteiger partial charge in [-0.2, -0.15) is 5.10 Å². The van der Waals surface area contributed by atoms with Crippen molar-refractivity contribution >= 4 is 28.5 Å². The summed E-state index contributed by atoms with van der Waals surface area (Å²) < 4.78 is 26.4. The molecule has 0 fully saturated rings. The molecule has 0 saturated carbocycles. The first-order valence-electron chi connectivity index (χ1n) is 11.2. The van der Waals surface area contributed by atoms with Gasteiger partial charge in [0, 0.05) is 36.8 Å². The highest BCUT2D eigenvalue weighted by Gasteiger charge is 2.16. The fourth-order valence-electron chi connectivity index (χ4n) is 4.00. The molecule has 0 atom stereocenters. The van der Waals surface area contributed by atoms with Gasteiger partial charge in [0.15, 0.2) is 0 Å². The van der Waals surface area contributed by atoms with E-state index in [0.29, 0.717) is 35.8 Å². The Balaban J connectivity index is 1.34. The van der Waals surface area contributed by atoms with Gasteiger partial charge in [0.05, 0.1) is 30.4 Å². The summed E-state index contributed by atoms with van der Waals surface area (Å²) >= 11 is 0. The van der Waals surface area contributed by atoms with Crippen LogP contribution in [0.4, 0.5) is 14.9 Å². The van der Waals surface area contributed by atoms with Crippen LogP contribution in [0.15, 0.2) is 54.2 Å². The molecule has 0 bridgehead atoms. The van der Waals surface area contributed by atoms with Gasteiger partial charge < -0.3 is 14.0 Å². The zero-order valence-electron chi connectivity index (χ0n) is 19.4. The topological polar surface area (TPSA) is 81.0 Å². The van der Waals surface area contributed by atoms with E-state index in [1.165, 1.54) is 19.2 Å². The summed E-state index contributed by atoms with van der Waals surface area (Å²) in [7, 11) is 1.47. The molecule has 9 heteroatoms. The Morgan fingerprint density at radius 1 is 1.35 bits per heavy atom. The van der Waals surface area contributed by atoms with Gasteiger partial charge >= 0.3 is 6.09 Å². The lowest BCUT2D eigenvalue weighted by Gasteiger charge is -2.19. The molecule has 178 valence electrons. The maximum Gasteiger partial charge on any atom is 0.411 e.